The fraction of sp³-hybridized carbons (Fsp3) is 0.214. The van der Waals surface area contributed by atoms with E-state index in [0.29, 0.717) is 6.61 Å². The molecule has 16 heavy (non-hydrogen) atoms. The fourth-order valence-electron chi connectivity index (χ4n) is 1.67. The van der Waals surface area contributed by atoms with E-state index >= 15 is 0 Å². The predicted octanol–water partition coefficient (Wildman–Crippen LogP) is 3.28. The summed E-state index contributed by atoms with van der Waals surface area (Å²) in [6, 6.07) is 10.1. The van der Waals surface area contributed by atoms with Crippen LogP contribution in [0.1, 0.15) is 16.7 Å². The van der Waals surface area contributed by atoms with Gasteiger partial charge in [-0.25, -0.2) is 0 Å². The normalized spacial score (nSPS) is 10.1. The third kappa shape index (κ3) is 2.40. The number of rotatable bonds is 3. The largest absolute Gasteiger partial charge is 0.488 e. The molecule has 0 fully saturated rings. The van der Waals surface area contributed by atoms with Crippen molar-refractivity contribution in [3.8, 4) is 5.75 Å². The summed E-state index contributed by atoms with van der Waals surface area (Å²) in [7, 11) is 0. The lowest BCUT2D eigenvalue weighted by atomic mass is 10.1. The van der Waals surface area contributed by atoms with Gasteiger partial charge < -0.3 is 4.74 Å². The van der Waals surface area contributed by atoms with Gasteiger partial charge in [-0.05, 0) is 31.0 Å². The molecule has 1 heterocycles. The van der Waals surface area contributed by atoms with E-state index in [0.717, 1.165) is 11.3 Å². The van der Waals surface area contributed by atoms with Crippen molar-refractivity contribution in [1.82, 2.24) is 4.98 Å². The average Bonchev–Trinajstić information content (AvgIpc) is 2.30. The number of benzene rings is 1. The van der Waals surface area contributed by atoms with Gasteiger partial charge >= 0.3 is 0 Å². The van der Waals surface area contributed by atoms with Crippen molar-refractivity contribution in [1.29, 1.82) is 0 Å². The zero-order chi connectivity index (χ0) is 11.4. The molecule has 0 aliphatic rings. The Morgan fingerprint density at radius 1 is 1.06 bits per heavy atom. The smallest absolute Gasteiger partial charge is 0.125 e. The molecule has 0 bridgehead atoms. The number of hydrogen-bond acceptors (Lipinski definition) is 2. The van der Waals surface area contributed by atoms with Gasteiger partial charge in [0, 0.05) is 18.0 Å². The summed E-state index contributed by atoms with van der Waals surface area (Å²) >= 11 is 0. The summed E-state index contributed by atoms with van der Waals surface area (Å²) in [6.45, 7) is 4.69. The molecule has 82 valence electrons. The first-order valence-electron chi connectivity index (χ1n) is 5.35. The molecule has 0 aliphatic heterocycles. The van der Waals surface area contributed by atoms with E-state index in [1.54, 1.807) is 6.20 Å². The van der Waals surface area contributed by atoms with Gasteiger partial charge in [0.05, 0.1) is 0 Å². The molecule has 2 nitrogen and oxygen atoms in total. The van der Waals surface area contributed by atoms with Gasteiger partial charge in [-0.1, -0.05) is 24.3 Å². The molecule has 0 amide bonds. The average molecular weight is 213 g/mol. The number of hydrogen-bond donors (Lipinski definition) is 0. The highest BCUT2D eigenvalue weighted by Gasteiger charge is 2.03. The van der Waals surface area contributed by atoms with Gasteiger partial charge in [0.25, 0.3) is 0 Å². The lowest BCUT2D eigenvalue weighted by Crippen LogP contribution is -1.98. The Morgan fingerprint density at radius 2 is 1.81 bits per heavy atom. The Labute approximate surface area is 95.9 Å². The van der Waals surface area contributed by atoms with E-state index in [-0.39, 0.29) is 0 Å². The molecule has 0 atom stereocenters. The molecular weight excluding hydrogens is 198 g/mol. The molecule has 0 saturated heterocycles. The van der Waals surface area contributed by atoms with Crippen LogP contribution in [0.15, 0.2) is 42.7 Å². The van der Waals surface area contributed by atoms with Gasteiger partial charge in [0.1, 0.15) is 12.4 Å². The van der Waals surface area contributed by atoms with Crippen LogP contribution in [-0.2, 0) is 6.61 Å². The zero-order valence-electron chi connectivity index (χ0n) is 9.60. The second kappa shape index (κ2) is 4.79. The Bertz CT molecular complexity index is 445. The molecule has 0 saturated carbocycles. The first-order chi connectivity index (χ1) is 7.77. The molecule has 1 aromatic carbocycles. The van der Waals surface area contributed by atoms with Crippen molar-refractivity contribution in [3.05, 3.63) is 59.4 Å². The van der Waals surface area contributed by atoms with E-state index < -0.39 is 0 Å². The maximum atomic E-state index is 5.81. The third-order valence-corrected chi connectivity index (χ3v) is 2.51. The van der Waals surface area contributed by atoms with Crippen LogP contribution in [0.4, 0.5) is 0 Å². The lowest BCUT2D eigenvalue weighted by Gasteiger charge is -2.11. The molecular formula is C14H15NO. The topological polar surface area (TPSA) is 22.1 Å². The van der Waals surface area contributed by atoms with E-state index in [9.17, 15) is 0 Å². The zero-order valence-corrected chi connectivity index (χ0v) is 9.60. The van der Waals surface area contributed by atoms with Crippen molar-refractivity contribution >= 4 is 0 Å². The van der Waals surface area contributed by atoms with E-state index in [1.165, 1.54) is 11.1 Å². The minimum Gasteiger partial charge on any atom is -0.488 e. The monoisotopic (exact) mass is 213 g/mol. The minimum absolute atomic E-state index is 0.569. The maximum Gasteiger partial charge on any atom is 0.125 e. The molecule has 2 heteroatoms. The molecule has 0 radical (unpaired) electrons. The standard InChI is InChI=1S/C14H15NO/c1-11-5-3-6-12(2)14(11)16-10-13-7-4-8-15-9-13/h3-9H,10H2,1-2H3. The number of nitrogens with zero attached hydrogens (tertiary/aromatic N) is 1. The highest BCUT2D eigenvalue weighted by Crippen LogP contribution is 2.23. The highest BCUT2D eigenvalue weighted by molar-refractivity contribution is 5.39. The second-order valence-electron chi connectivity index (χ2n) is 3.87. The van der Waals surface area contributed by atoms with Crippen molar-refractivity contribution < 1.29 is 4.74 Å². The molecule has 0 aliphatic carbocycles. The Kier molecular flexibility index (Phi) is 3.20. The van der Waals surface area contributed by atoms with Gasteiger partial charge in [-0.3, -0.25) is 4.98 Å². The molecule has 0 spiro atoms. The quantitative estimate of drug-likeness (QED) is 0.780. The summed E-state index contributed by atoms with van der Waals surface area (Å²) in [5.41, 5.74) is 3.43. The van der Waals surface area contributed by atoms with Crippen LogP contribution in [0.25, 0.3) is 0 Å². The van der Waals surface area contributed by atoms with Gasteiger partial charge in [0.2, 0.25) is 0 Å². The van der Waals surface area contributed by atoms with Crippen LogP contribution in [0.5, 0.6) is 5.75 Å². The summed E-state index contributed by atoms with van der Waals surface area (Å²) in [5, 5.41) is 0. The van der Waals surface area contributed by atoms with Gasteiger partial charge in [-0.2, -0.15) is 0 Å². The highest BCUT2D eigenvalue weighted by atomic mass is 16.5. The van der Waals surface area contributed by atoms with Crippen LogP contribution < -0.4 is 4.74 Å². The second-order valence-corrected chi connectivity index (χ2v) is 3.87. The lowest BCUT2D eigenvalue weighted by molar-refractivity contribution is 0.301. The number of aromatic nitrogens is 1. The Hall–Kier alpha value is -1.83. The predicted molar refractivity (Wildman–Crippen MR) is 64.5 cm³/mol. The van der Waals surface area contributed by atoms with E-state index in [4.69, 9.17) is 4.74 Å². The van der Waals surface area contributed by atoms with Crippen LogP contribution in [0.2, 0.25) is 0 Å². The van der Waals surface area contributed by atoms with Crippen LogP contribution in [0, 0.1) is 13.8 Å². The maximum absolute atomic E-state index is 5.81. The molecule has 2 rings (SSSR count). The summed E-state index contributed by atoms with van der Waals surface area (Å²) in [4.78, 5) is 4.06. The van der Waals surface area contributed by atoms with Crippen LogP contribution in [-0.4, -0.2) is 4.98 Å². The number of pyridine rings is 1. The fourth-order valence-corrected chi connectivity index (χ4v) is 1.67. The molecule has 0 N–H and O–H groups in total. The van der Waals surface area contributed by atoms with Crippen molar-refractivity contribution in [2.45, 2.75) is 20.5 Å². The molecule has 2 aromatic rings. The SMILES string of the molecule is Cc1cccc(C)c1OCc1cccnc1. The van der Waals surface area contributed by atoms with Crippen LogP contribution in [0.3, 0.4) is 0 Å². The Morgan fingerprint density at radius 3 is 2.44 bits per heavy atom. The first kappa shape index (κ1) is 10.7. The van der Waals surface area contributed by atoms with Crippen molar-refractivity contribution in [2.24, 2.45) is 0 Å². The summed E-state index contributed by atoms with van der Waals surface area (Å²) in [6.07, 6.45) is 3.59. The third-order valence-electron chi connectivity index (χ3n) is 2.51. The first-order valence-corrected chi connectivity index (χ1v) is 5.35. The molecule has 0 unspecified atom stereocenters. The van der Waals surface area contributed by atoms with E-state index in [2.05, 4.69) is 31.0 Å². The minimum atomic E-state index is 0.569. The number of para-hydroxylation sites is 1. The van der Waals surface area contributed by atoms with Gasteiger partial charge in [0.15, 0.2) is 0 Å². The van der Waals surface area contributed by atoms with Crippen molar-refractivity contribution in [2.75, 3.05) is 0 Å². The number of aryl methyl sites for hydroxylation is 2. The summed E-state index contributed by atoms with van der Waals surface area (Å²) < 4.78 is 5.81. The van der Waals surface area contributed by atoms with Crippen molar-refractivity contribution in [3.63, 3.8) is 0 Å². The number of ether oxygens (including phenoxy) is 1. The summed E-state index contributed by atoms with van der Waals surface area (Å²) in [5.74, 6) is 0.978. The van der Waals surface area contributed by atoms with Crippen LogP contribution >= 0.6 is 0 Å². The molecule has 1 aromatic heterocycles. The Balaban J connectivity index is 2.11. The van der Waals surface area contributed by atoms with Gasteiger partial charge in [-0.15, -0.1) is 0 Å². The van der Waals surface area contributed by atoms with E-state index in [1.807, 2.05) is 24.4 Å².